The summed E-state index contributed by atoms with van der Waals surface area (Å²) in [5, 5.41) is 0. The van der Waals surface area contributed by atoms with E-state index in [-0.39, 0.29) is 5.82 Å². The van der Waals surface area contributed by atoms with Crippen LogP contribution in [0.1, 0.15) is 5.82 Å². The molecule has 2 heterocycles. The lowest BCUT2D eigenvalue weighted by atomic mass is 10.2. The highest BCUT2D eigenvalue weighted by atomic mass is 19.1. The zero-order valence-corrected chi connectivity index (χ0v) is 16.1. The first-order chi connectivity index (χ1) is 13.6. The summed E-state index contributed by atoms with van der Waals surface area (Å²) < 4.78 is 15.3. The molecule has 0 saturated carbocycles. The van der Waals surface area contributed by atoms with E-state index in [0.717, 1.165) is 55.3 Å². The van der Waals surface area contributed by atoms with Gasteiger partial charge in [-0.2, -0.15) is 0 Å². The number of halogens is 1. The van der Waals surface area contributed by atoms with Gasteiger partial charge in [0.25, 0.3) is 0 Å². The lowest BCUT2D eigenvalue weighted by molar-refractivity contribution is 0.380. The fourth-order valence-electron chi connectivity index (χ4n) is 3.69. The van der Waals surface area contributed by atoms with Gasteiger partial charge in [0.15, 0.2) is 5.96 Å². The Morgan fingerprint density at radius 3 is 2.54 bits per heavy atom. The van der Waals surface area contributed by atoms with Crippen LogP contribution in [-0.2, 0) is 6.54 Å². The van der Waals surface area contributed by atoms with Gasteiger partial charge in [0.1, 0.15) is 11.6 Å². The molecule has 1 aromatic heterocycles. The van der Waals surface area contributed by atoms with Crippen molar-refractivity contribution >= 4 is 22.7 Å². The Bertz CT molecular complexity index is 970. The topological polar surface area (TPSA) is 62.7 Å². The molecule has 0 bridgehead atoms. The van der Waals surface area contributed by atoms with Gasteiger partial charge in [-0.25, -0.2) is 9.37 Å². The van der Waals surface area contributed by atoms with E-state index in [4.69, 9.17) is 5.73 Å². The largest absolute Gasteiger partial charge is 0.370 e. The molecule has 6 nitrogen and oxygen atoms in total. The van der Waals surface area contributed by atoms with Crippen molar-refractivity contribution in [2.24, 2.45) is 10.7 Å². The number of anilines is 1. The summed E-state index contributed by atoms with van der Waals surface area (Å²) in [6.45, 7) is 6.68. The van der Waals surface area contributed by atoms with Crippen molar-refractivity contribution in [1.82, 2.24) is 14.5 Å². The molecule has 7 heteroatoms. The highest BCUT2D eigenvalue weighted by Crippen LogP contribution is 2.17. The number of hydrogen-bond donors (Lipinski definition) is 1. The number of para-hydroxylation sites is 2. The molecule has 1 aliphatic rings. The Morgan fingerprint density at radius 2 is 1.79 bits per heavy atom. The molecular weight excluding hydrogens is 355 g/mol. The molecule has 0 aliphatic carbocycles. The van der Waals surface area contributed by atoms with Crippen molar-refractivity contribution in [3.05, 3.63) is 60.2 Å². The number of nitrogens with two attached hydrogens (primary N) is 1. The normalized spacial score (nSPS) is 15.4. The van der Waals surface area contributed by atoms with Crippen LogP contribution in [0.4, 0.5) is 10.1 Å². The summed E-state index contributed by atoms with van der Waals surface area (Å²) in [5.74, 6) is 1.36. The molecule has 0 unspecified atom stereocenters. The fourth-order valence-corrected chi connectivity index (χ4v) is 3.69. The van der Waals surface area contributed by atoms with E-state index in [2.05, 4.69) is 30.4 Å². The zero-order chi connectivity index (χ0) is 19.5. The van der Waals surface area contributed by atoms with Gasteiger partial charge >= 0.3 is 0 Å². The number of aliphatic imine (C=N–C) groups is 1. The van der Waals surface area contributed by atoms with Crippen LogP contribution in [0.5, 0.6) is 0 Å². The van der Waals surface area contributed by atoms with Crippen LogP contribution in [0.25, 0.3) is 11.0 Å². The smallest absolute Gasteiger partial charge is 0.191 e. The Balaban J connectivity index is 1.33. The molecule has 0 atom stereocenters. The van der Waals surface area contributed by atoms with Crippen molar-refractivity contribution in [2.45, 2.75) is 13.5 Å². The first-order valence-electron chi connectivity index (χ1n) is 9.59. The average molecular weight is 380 g/mol. The monoisotopic (exact) mass is 380 g/mol. The second kappa shape index (κ2) is 7.88. The highest BCUT2D eigenvalue weighted by molar-refractivity contribution is 5.78. The Kier molecular flexibility index (Phi) is 5.14. The van der Waals surface area contributed by atoms with Crippen molar-refractivity contribution < 1.29 is 4.39 Å². The molecule has 1 fully saturated rings. The van der Waals surface area contributed by atoms with Gasteiger partial charge in [-0.3, -0.25) is 4.99 Å². The van der Waals surface area contributed by atoms with E-state index >= 15 is 0 Å². The van der Waals surface area contributed by atoms with E-state index in [1.54, 1.807) is 0 Å². The minimum atomic E-state index is -0.209. The molecule has 2 N–H and O–H groups in total. The lowest BCUT2D eigenvalue weighted by Gasteiger charge is -2.36. The first-order valence-corrected chi connectivity index (χ1v) is 9.59. The summed E-state index contributed by atoms with van der Waals surface area (Å²) in [4.78, 5) is 13.5. The van der Waals surface area contributed by atoms with Gasteiger partial charge in [-0.05, 0) is 43.3 Å². The number of imidazole rings is 1. The molecular formula is C21H25FN6. The van der Waals surface area contributed by atoms with Crippen LogP contribution in [0, 0.1) is 12.7 Å². The predicted octanol–water partition coefficient (Wildman–Crippen LogP) is 2.62. The number of nitrogens with zero attached hydrogens (tertiary/aromatic N) is 5. The number of hydrogen-bond acceptors (Lipinski definition) is 3. The number of piperazine rings is 1. The Morgan fingerprint density at radius 1 is 1.07 bits per heavy atom. The van der Waals surface area contributed by atoms with E-state index in [1.165, 1.54) is 12.1 Å². The minimum Gasteiger partial charge on any atom is -0.370 e. The molecule has 1 aliphatic heterocycles. The molecule has 0 spiro atoms. The third kappa shape index (κ3) is 3.78. The lowest BCUT2D eigenvalue weighted by Crippen LogP contribution is -2.51. The van der Waals surface area contributed by atoms with Crippen LogP contribution >= 0.6 is 0 Å². The zero-order valence-electron chi connectivity index (χ0n) is 16.1. The quantitative estimate of drug-likeness (QED) is 0.558. The van der Waals surface area contributed by atoms with Gasteiger partial charge in [0, 0.05) is 38.4 Å². The molecule has 0 radical (unpaired) electrons. The van der Waals surface area contributed by atoms with Crippen molar-refractivity contribution in [3.8, 4) is 0 Å². The first kappa shape index (κ1) is 18.3. The summed E-state index contributed by atoms with van der Waals surface area (Å²) >= 11 is 0. The predicted molar refractivity (Wildman–Crippen MR) is 111 cm³/mol. The Hall–Kier alpha value is -3.09. The van der Waals surface area contributed by atoms with Crippen LogP contribution in [-0.4, -0.2) is 53.1 Å². The maximum Gasteiger partial charge on any atom is 0.191 e. The third-order valence-electron chi connectivity index (χ3n) is 5.24. The fraction of sp³-hybridized carbons (Fsp3) is 0.333. The average Bonchev–Trinajstić information content (AvgIpc) is 3.04. The number of rotatable bonds is 4. The summed E-state index contributed by atoms with van der Waals surface area (Å²) in [6, 6.07) is 14.8. The van der Waals surface area contributed by atoms with Crippen LogP contribution in [0.2, 0.25) is 0 Å². The van der Waals surface area contributed by atoms with E-state index in [1.807, 2.05) is 37.3 Å². The second-order valence-electron chi connectivity index (χ2n) is 6.99. The molecule has 4 rings (SSSR count). The SMILES string of the molecule is Cc1nc2ccccc2n1CCN=C(N)N1CCN(c2ccc(F)cc2)CC1. The van der Waals surface area contributed by atoms with E-state index in [9.17, 15) is 4.39 Å². The van der Waals surface area contributed by atoms with Crippen LogP contribution in [0.15, 0.2) is 53.5 Å². The van der Waals surface area contributed by atoms with E-state index in [0.29, 0.717) is 12.5 Å². The van der Waals surface area contributed by atoms with Crippen molar-refractivity contribution in [1.29, 1.82) is 0 Å². The standard InChI is InChI=1S/C21H25FN6/c1-16-25-19-4-2-3-5-20(19)28(16)11-10-24-21(23)27-14-12-26(13-15-27)18-8-6-17(22)7-9-18/h2-9H,10-15H2,1H3,(H2,23,24). The molecule has 2 aromatic carbocycles. The van der Waals surface area contributed by atoms with Gasteiger partial charge in [-0.1, -0.05) is 12.1 Å². The molecule has 28 heavy (non-hydrogen) atoms. The maximum absolute atomic E-state index is 13.1. The number of aryl methyl sites for hydroxylation is 1. The number of benzene rings is 2. The highest BCUT2D eigenvalue weighted by Gasteiger charge is 2.18. The van der Waals surface area contributed by atoms with Gasteiger partial charge in [0.2, 0.25) is 0 Å². The number of fused-ring (bicyclic) bond motifs is 1. The summed E-state index contributed by atoms with van der Waals surface area (Å²) in [5.41, 5.74) is 9.40. The van der Waals surface area contributed by atoms with E-state index < -0.39 is 0 Å². The maximum atomic E-state index is 13.1. The second-order valence-corrected chi connectivity index (χ2v) is 6.99. The van der Waals surface area contributed by atoms with Crippen molar-refractivity contribution in [3.63, 3.8) is 0 Å². The Labute approximate surface area is 164 Å². The third-order valence-corrected chi connectivity index (χ3v) is 5.24. The molecule has 1 saturated heterocycles. The van der Waals surface area contributed by atoms with Gasteiger partial charge in [-0.15, -0.1) is 0 Å². The summed E-state index contributed by atoms with van der Waals surface area (Å²) in [6.07, 6.45) is 0. The van der Waals surface area contributed by atoms with Gasteiger partial charge in [0.05, 0.1) is 17.6 Å². The van der Waals surface area contributed by atoms with Gasteiger partial charge < -0.3 is 20.1 Å². The van der Waals surface area contributed by atoms with Crippen LogP contribution in [0.3, 0.4) is 0 Å². The van der Waals surface area contributed by atoms with Crippen molar-refractivity contribution in [2.75, 3.05) is 37.6 Å². The summed E-state index contributed by atoms with van der Waals surface area (Å²) in [7, 11) is 0. The number of guanidine groups is 1. The molecule has 146 valence electrons. The molecule has 3 aromatic rings. The number of aromatic nitrogens is 2. The molecule has 0 amide bonds. The minimum absolute atomic E-state index is 0.209. The van der Waals surface area contributed by atoms with Crippen LogP contribution < -0.4 is 10.6 Å².